The van der Waals surface area contributed by atoms with Crippen molar-refractivity contribution in [3.05, 3.63) is 35.5 Å². The third-order valence-corrected chi connectivity index (χ3v) is 3.57. The first kappa shape index (κ1) is 12.2. The summed E-state index contributed by atoms with van der Waals surface area (Å²) in [7, 11) is 5.38. The van der Waals surface area contributed by atoms with Crippen molar-refractivity contribution in [2.24, 2.45) is 0 Å². The lowest BCUT2D eigenvalue weighted by atomic mass is 9.90. The summed E-state index contributed by atoms with van der Waals surface area (Å²) in [6.45, 7) is 3.37. The van der Waals surface area contributed by atoms with Crippen molar-refractivity contribution in [2.75, 3.05) is 18.9 Å². The maximum atomic E-state index is 3.47. The van der Waals surface area contributed by atoms with E-state index in [0.717, 1.165) is 12.1 Å². The Kier molecular flexibility index (Phi) is 3.86. The van der Waals surface area contributed by atoms with Gasteiger partial charge in [-0.25, -0.2) is 0 Å². The molecule has 17 heavy (non-hydrogen) atoms. The summed E-state index contributed by atoms with van der Waals surface area (Å²) >= 11 is 0. The van der Waals surface area contributed by atoms with E-state index in [1.165, 1.54) is 23.2 Å². The lowest BCUT2D eigenvalue weighted by molar-refractivity contribution is 0.683. The SMILES string of the molecule is CN/C=C(\C=P)c1ccc2c(c1)C(C)CCN2. The van der Waals surface area contributed by atoms with Crippen molar-refractivity contribution in [3.63, 3.8) is 0 Å². The van der Waals surface area contributed by atoms with Crippen LogP contribution in [-0.4, -0.2) is 19.4 Å². The highest BCUT2D eigenvalue weighted by molar-refractivity contribution is 7.20. The van der Waals surface area contributed by atoms with Gasteiger partial charge >= 0.3 is 0 Å². The average Bonchev–Trinajstić information content (AvgIpc) is 2.36. The summed E-state index contributed by atoms with van der Waals surface area (Å²) in [4.78, 5) is 0. The zero-order valence-corrected chi connectivity index (χ0v) is 11.4. The minimum atomic E-state index is 0.636. The zero-order valence-electron chi connectivity index (χ0n) is 10.4. The molecule has 1 atom stereocenters. The highest BCUT2D eigenvalue weighted by Crippen LogP contribution is 2.33. The van der Waals surface area contributed by atoms with E-state index in [1.807, 2.05) is 19.0 Å². The summed E-state index contributed by atoms with van der Waals surface area (Å²) in [6, 6.07) is 6.62. The molecule has 1 aliphatic heterocycles. The Labute approximate surface area is 105 Å². The van der Waals surface area contributed by atoms with E-state index in [-0.39, 0.29) is 0 Å². The van der Waals surface area contributed by atoms with Crippen LogP contribution in [0.15, 0.2) is 24.4 Å². The zero-order chi connectivity index (χ0) is 12.3. The van der Waals surface area contributed by atoms with Crippen molar-refractivity contribution in [1.29, 1.82) is 0 Å². The average molecular weight is 246 g/mol. The second kappa shape index (κ2) is 5.37. The number of benzene rings is 1. The molecular formula is C14H19N2P. The molecule has 1 unspecified atom stereocenters. The van der Waals surface area contributed by atoms with Gasteiger partial charge in [0.05, 0.1) is 0 Å². The third-order valence-electron chi connectivity index (χ3n) is 3.26. The number of allylic oxidation sites excluding steroid dienone is 1. The van der Waals surface area contributed by atoms with E-state index in [0.29, 0.717) is 5.92 Å². The van der Waals surface area contributed by atoms with Crippen LogP contribution < -0.4 is 10.6 Å². The molecule has 0 saturated heterocycles. The van der Waals surface area contributed by atoms with Gasteiger partial charge < -0.3 is 10.6 Å². The predicted molar refractivity (Wildman–Crippen MR) is 79.4 cm³/mol. The normalized spacial score (nSPS) is 19.2. The first-order valence-corrected chi connectivity index (χ1v) is 6.60. The number of rotatable bonds is 3. The topological polar surface area (TPSA) is 24.1 Å². The van der Waals surface area contributed by atoms with Crippen molar-refractivity contribution in [2.45, 2.75) is 19.3 Å². The predicted octanol–water partition coefficient (Wildman–Crippen LogP) is 3.11. The number of hydrogen-bond donors (Lipinski definition) is 2. The van der Waals surface area contributed by atoms with Crippen LogP contribution in [0.4, 0.5) is 5.69 Å². The van der Waals surface area contributed by atoms with Crippen LogP contribution in [0.3, 0.4) is 0 Å². The molecule has 1 aromatic carbocycles. The lowest BCUT2D eigenvalue weighted by Gasteiger charge is -2.24. The van der Waals surface area contributed by atoms with Gasteiger partial charge in [0.1, 0.15) is 0 Å². The molecule has 0 aliphatic carbocycles. The molecule has 2 rings (SSSR count). The fourth-order valence-electron chi connectivity index (χ4n) is 2.25. The number of fused-ring (bicyclic) bond motifs is 1. The van der Waals surface area contributed by atoms with Crippen LogP contribution in [0.25, 0.3) is 5.57 Å². The Bertz CT molecular complexity index is 452. The highest BCUT2D eigenvalue weighted by atomic mass is 31.0. The molecule has 2 N–H and O–H groups in total. The van der Waals surface area contributed by atoms with Crippen LogP contribution in [-0.2, 0) is 0 Å². The van der Waals surface area contributed by atoms with Crippen LogP contribution in [0, 0.1) is 0 Å². The molecule has 0 bridgehead atoms. The summed E-state index contributed by atoms with van der Waals surface area (Å²) in [5.41, 5.74) is 5.10. The van der Waals surface area contributed by atoms with E-state index < -0.39 is 0 Å². The van der Waals surface area contributed by atoms with Gasteiger partial charge in [0, 0.05) is 31.1 Å². The van der Waals surface area contributed by atoms with Crippen molar-refractivity contribution in [3.8, 4) is 0 Å². The Morgan fingerprint density at radius 3 is 3.06 bits per heavy atom. The van der Waals surface area contributed by atoms with Gasteiger partial charge in [-0.2, -0.15) is 0 Å². The fourth-order valence-corrected chi connectivity index (χ4v) is 2.50. The Morgan fingerprint density at radius 1 is 1.53 bits per heavy atom. The molecule has 1 heterocycles. The first-order valence-electron chi connectivity index (χ1n) is 6.02. The van der Waals surface area contributed by atoms with Gasteiger partial charge in [-0.3, -0.25) is 0 Å². The Balaban J connectivity index is 2.41. The molecule has 1 aliphatic rings. The standard InChI is InChI=1S/C14H19N2P/c1-10-5-6-16-14-4-3-11(7-13(10)14)12(9-17)8-15-2/h3-4,7-10,15-17H,5-6H2,1-2H3/b12-8+. The minimum Gasteiger partial charge on any atom is -0.393 e. The maximum absolute atomic E-state index is 3.47. The van der Waals surface area contributed by atoms with E-state index in [9.17, 15) is 0 Å². The molecule has 0 saturated carbocycles. The molecule has 3 heteroatoms. The molecule has 0 fully saturated rings. The Hall–Kier alpha value is -1.27. The molecule has 90 valence electrons. The van der Waals surface area contributed by atoms with E-state index in [1.54, 1.807) is 0 Å². The van der Waals surface area contributed by atoms with Gasteiger partial charge in [0.15, 0.2) is 0 Å². The van der Waals surface area contributed by atoms with E-state index in [4.69, 9.17) is 0 Å². The largest absolute Gasteiger partial charge is 0.393 e. The lowest BCUT2D eigenvalue weighted by Crippen LogP contribution is -2.15. The van der Waals surface area contributed by atoms with Gasteiger partial charge in [0.25, 0.3) is 0 Å². The molecule has 0 amide bonds. The van der Waals surface area contributed by atoms with Gasteiger partial charge in [-0.15, -0.1) is 8.86 Å². The van der Waals surface area contributed by atoms with E-state index >= 15 is 0 Å². The van der Waals surface area contributed by atoms with Crippen LogP contribution in [0.5, 0.6) is 0 Å². The fraction of sp³-hybridized carbons (Fsp3) is 0.357. The number of hydrogen-bond acceptors (Lipinski definition) is 2. The van der Waals surface area contributed by atoms with Crippen LogP contribution in [0.2, 0.25) is 0 Å². The monoisotopic (exact) mass is 246 g/mol. The summed E-state index contributed by atoms with van der Waals surface area (Å²) in [5, 5.41) is 6.52. The molecule has 2 nitrogen and oxygen atoms in total. The van der Waals surface area contributed by atoms with Crippen molar-refractivity contribution in [1.82, 2.24) is 5.32 Å². The second-order valence-corrected chi connectivity index (χ2v) is 4.74. The first-order chi connectivity index (χ1) is 8.26. The third kappa shape index (κ3) is 2.53. The number of anilines is 1. The Morgan fingerprint density at radius 2 is 2.35 bits per heavy atom. The number of nitrogens with one attached hydrogen (secondary N) is 2. The molecule has 0 spiro atoms. The van der Waals surface area contributed by atoms with Crippen molar-refractivity contribution < 1.29 is 0 Å². The molecule has 1 aromatic rings. The quantitative estimate of drug-likeness (QED) is 0.801. The maximum Gasteiger partial charge on any atom is 0.0375 e. The molecule has 0 radical (unpaired) electrons. The van der Waals surface area contributed by atoms with Crippen LogP contribution >= 0.6 is 8.86 Å². The summed E-state index contributed by atoms with van der Waals surface area (Å²) in [5.74, 6) is 2.58. The smallest absolute Gasteiger partial charge is 0.0375 e. The minimum absolute atomic E-state index is 0.636. The molecule has 0 aromatic heterocycles. The van der Waals surface area contributed by atoms with Gasteiger partial charge in [-0.05, 0) is 41.4 Å². The van der Waals surface area contributed by atoms with Crippen LogP contribution in [0.1, 0.15) is 30.4 Å². The highest BCUT2D eigenvalue weighted by Gasteiger charge is 2.16. The summed E-state index contributed by atoms with van der Waals surface area (Å²) < 4.78 is 0. The molecular weight excluding hydrogens is 227 g/mol. The van der Waals surface area contributed by atoms with E-state index in [2.05, 4.69) is 44.6 Å². The second-order valence-electron chi connectivity index (χ2n) is 4.45. The van der Waals surface area contributed by atoms with Crippen molar-refractivity contribution >= 4 is 25.9 Å². The summed E-state index contributed by atoms with van der Waals surface area (Å²) in [6.07, 6.45) is 3.20. The van der Waals surface area contributed by atoms with Gasteiger partial charge in [0.2, 0.25) is 0 Å². The van der Waals surface area contributed by atoms with Gasteiger partial charge in [-0.1, -0.05) is 13.0 Å².